The molecule has 11 heteroatoms. The van der Waals surface area contributed by atoms with Crippen molar-refractivity contribution in [3.63, 3.8) is 0 Å². The van der Waals surface area contributed by atoms with Gasteiger partial charge in [0.2, 0.25) is 0 Å². The topological polar surface area (TPSA) is 136 Å². The second-order valence-corrected chi connectivity index (χ2v) is 8.85. The van der Waals surface area contributed by atoms with Gasteiger partial charge in [0.1, 0.15) is 5.82 Å². The van der Waals surface area contributed by atoms with Gasteiger partial charge >= 0.3 is 0 Å². The number of amides is 1. The van der Waals surface area contributed by atoms with Crippen LogP contribution in [-0.2, 0) is 23.6 Å². The average molecular weight is 465 g/mol. The molecule has 0 spiro atoms. The Kier molecular flexibility index (Phi) is 5.80. The molecule has 0 aliphatic heterocycles. The molecule has 0 fully saturated rings. The maximum Gasteiger partial charge on any atom is 0.270 e. The van der Waals surface area contributed by atoms with Gasteiger partial charge in [-0.2, -0.15) is 0 Å². The predicted molar refractivity (Wildman–Crippen MR) is 122 cm³/mol. The smallest absolute Gasteiger partial charge is 0.270 e. The van der Waals surface area contributed by atoms with Crippen molar-refractivity contribution in [2.24, 2.45) is 7.05 Å². The van der Waals surface area contributed by atoms with E-state index in [9.17, 15) is 23.3 Å². The second kappa shape index (κ2) is 8.71. The van der Waals surface area contributed by atoms with Crippen LogP contribution in [0.4, 0.5) is 11.4 Å². The van der Waals surface area contributed by atoms with Gasteiger partial charge in [-0.05, 0) is 30.3 Å². The molecule has 4 rings (SSSR count). The molecule has 3 aromatic carbocycles. The summed E-state index contributed by atoms with van der Waals surface area (Å²) in [6.45, 7) is 0.135. The summed E-state index contributed by atoms with van der Waals surface area (Å²) in [6.07, 6.45) is 0. The summed E-state index contributed by atoms with van der Waals surface area (Å²) < 4.78 is 29.8. The quantitative estimate of drug-likeness (QED) is 0.318. The fraction of sp³-hybridized carbons (Fsp3) is 0.0909. The van der Waals surface area contributed by atoms with Gasteiger partial charge in [-0.25, -0.2) is 13.4 Å². The number of aromatic nitrogens is 2. The summed E-state index contributed by atoms with van der Waals surface area (Å²) in [5, 5.41) is 13.7. The van der Waals surface area contributed by atoms with Gasteiger partial charge in [-0.3, -0.25) is 19.6 Å². The maximum absolute atomic E-state index is 12.9. The molecule has 0 atom stereocenters. The van der Waals surface area contributed by atoms with Crippen LogP contribution in [0.2, 0.25) is 0 Å². The first-order valence-electron chi connectivity index (χ1n) is 9.81. The number of nitro benzene ring substituents is 1. The van der Waals surface area contributed by atoms with E-state index in [-0.39, 0.29) is 28.4 Å². The minimum absolute atomic E-state index is 0.0477. The number of sulfonamides is 1. The molecule has 0 saturated carbocycles. The number of benzene rings is 3. The van der Waals surface area contributed by atoms with E-state index < -0.39 is 20.9 Å². The molecule has 0 aliphatic rings. The number of hydrogen-bond donors (Lipinski definition) is 2. The Hall–Kier alpha value is -4.25. The summed E-state index contributed by atoms with van der Waals surface area (Å²) in [5.74, 6) is 0.138. The molecule has 4 aromatic rings. The van der Waals surface area contributed by atoms with E-state index in [2.05, 4.69) is 15.0 Å². The minimum Gasteiger partial charge on any atom is -0.345 e. The standard InChI is InChI=1S/C22H19N5O5S/c1-26-20-12-5-4-11-19(20)24-21(26)14-23-22(28)17-9-2-3-10-18(17)25-33(31,32)16-8-6-7-15(13-16)27(29)30/h2-13,25H,14H2,1H3,(H,23,28). The highest BCUT2D eigenvalue weighted by Gasteiger charge is 2.21. The van der Waals surface area contributed by atoms with Crippen LogP contribution in [0.15, 0.2) is 77.7 Å². The SMILES string of the molecule is Cn1c(CNC(=O)c2ccccc2NS(=O)(=O)c2cccc([N+](=O)[O-])c2)nc2ccccc21. The van der Waals surface area contributed by atoms with Crippen molar-refractivity contribution >= 4 is 38.3 Å². The third-order valence-electron chi connectivity index (χ3n) is 5.04. The Balaban J connectivity index is 1.55. The van der Waals surface area contributed by atoms with Crippen LogP contribution in [-0.4, -0.2) is 28.8 Å². The number of para-hydroxylation sites is 3. The van der Waals surface area contributed by atoms with Crippen LogP contribution >= 0.6 is 0 Å². The van der Waals surface area contributed by atoms with Crippen molar-refractivity contribution in [1.29, 1.82) is 0 Å². The number of nitrogens with one attached hydrogen (secondary N) is 2. The highest BCUT2D eigenvalue weighted by molar-refractivity contribution is 7.92. The lowest BCUT2D eigenvalue weighted by Gasteiger charge is -2.13. The summed E-state index contributed by atoms with van der Waals surface area (Å²) in [4.78, 5) is 27.4. The Morgan fingerprint density at radius 3 is 2.55 bits per heavy atom. The summed E-state index contributed by atoms with van der Waals surface area (Å²) in [5.41, 5.74) is 1.52. The number of nitrogens with zero attached hydrogens (tertiary/aromatic N) is 3. The summed E-state index contributed by atoms with van der Waals surface area (Å²) in [7, 11) is -2.32. The molecule has 1 heterocycles. The Morgan fingerprint density at radius 2 is 1.79 bits per heavy atom. The molecule has 33 heavy (non-hydrogen) atoms. The first-order valence-corrected chi connectivity index (χ1v) is 11.3. The Bertz CT molecular complexity index is 1480. The number of aryl methyl sites for hydroxylation is 1. The predicted octanol–water partition coefficient (Wildman–Crippen LogP) is 3.21. The van der Waals surface area contributed by atoms with Crippen molar-refractivity contribution in [3.8, 4) is 0 Å². The molecule has 0 saturated heterocycles. The number of anilines is 1. The van der Waals surface area contributed by atoms with Gasteiger partial charge in [0.25, 0.3) is 21.6 Å². The maximum atomic E-state index is 12.9. The molecule has 0 bridgehead atoms. The molecular weight excluding hydrogens is 446 g/mol. The third kappa shape index (κ3) is 4.53. The van der Waals surface area contributed by atoms with Crippen LogP contribution in [0.3, 0.4) is 0 Å². The van der Waals surface area contributed by atoms with Crippen LogP contribution in [0.1, 0.15) is 16.2 Å². The molecule has 168 valence electrons. The van der Waals surface area contributed by atoms with Crippen molar-refractivity contribution in [2.75, 3.05) is 4.72 Å². The Morgan fingerprint density at radius 1 is 1.06 bits per heavy atom. The van der Waals surface area contributed by atoms with Gasteiger partial charge in [-0.1, -0.05) is 30.3 Å². The van der Waals surface area contributed by atoms with Gasteiger partial charge in [0, 0.05) is 19.2 Å². The molecule has 1 amide bonds. The molecule has 2 N–H and O–H groups in total. The van der Waals surface area contributed by atoms with Gasteiger partial charge in [0.05, 0.1) is 38.6 Å². The van der Waals surface area contributed by atoms with Crippen molar-refractivity contribution in [2.45, 2.75) is 11.4 Å². The average Bonchev–Trinajstić information content (AvgIpc) is 3.13. The lowest BCUT2D eigenvalue weighted by Crippen LogP contribution is -2.26. The minimum atomic E-state index is -4.17. The number of hydrogen-bond acceptors (Lipinski definition) is 6. The lowest BCUT2D eigenvalue weighted by molar-refractivity contribution is -0.385. The zero-order valence-electron chi connectivity index (χ0n) is 17.4. The van der Waals surface area contributed by atoms with E-state index in [0.29, 0.717) is 5.82 Å². The number of carbonyl (C=O) groups excluding carboxylic acids is 1. The van der Waals surface area contributed by atoms with Crippen LogP contribution in [0.5, 0.6) is 0 Å². The zero-order valence-corrected chi connectivity index (χ0v) is 18.2. The number of non-ortho nitro benzene ring substituents is 1. The van der Waals surface area contributed by atoms with E-state index in [1.54, 1.807) is 12.1 Å². The second-order valence-electron chi connectivity index (χ2n) is 7.16. The number of fused-ring (bicyclic) bond motifs is 1. The van der Waals surface area contributed by atoms with E-state index in [4.69, 9.17) is 0 Å². The third-order valence-corrected chi connectivity index (χ3v) is 6.40. The number of rotatable bonds is 7. The van der Waals surface area contributed by atoms with E-state index in [1.807, 2.05) is 35.9 Å². The molecular formula is C22H19N5O5S. The highest BCUT2D eigenvalue weighted by atomic mass is 32.2. The van der Waals surface area contributed by atoms with Crippen molar-refractivity contribution in [1.82, 2.24) is 14.9 Å². The number of nitro groups is 1. The normalized spacial score (nSPS) is 11.3. The highest BCUT2D eigenvalue weighted by Crippen LogP contribution is 2.23. The summed E-state index contributed by atoms with van der Waals surface area (Å²) in [6, 6.07) is 18.4. The first-order chi connectivity index (χ1) is 15.8. The fourth-order valence-electron chi connectivity index (χ4n) is 3.35. The van der Waals surface area contributed by atoms with Crippen LogP contribution in [0.25, 0.3) is 11.0 Å². The van der Waals surface area contributed by atoms with E-state index in [0.717, 1.165) is 17.1 Å². The molecule has 1 aromatic heterocycles. The first kappa shape index (κ1) is 22.0. The molecule has 0 radical (unpaired) electrons. The van der Waals surface area contributed by atoms with Gasteiger partial charge in [0.15, 0.2) is 0 Å². The number of carbonyl (C=O) groups is 1. The number of imidazole rings is 1. The van der Waals surface area contributed by atoms with Gasteiger partial charge in [-0.15, -0.1) is 0 Å². The van der Waals surface area contributed by atoms with Crippen molar-refractivity contribution in [3.05, 3.63) is 94.3 Å². The lowest BCUT2D eigenvalue weighted by atomic mass is 10.1. The van der Waals surface area contributed by atoms with Crippen molar-refractivity contribution < 1.29 is 18.1 Å². The van der Waals surface area contributed by atoms with Crippen LogP contribution in [0, 0.1) is 10.1 Å². The molecule has 10 nitrogen and oxygen atoms in total. The molecule has 0 unspecified atom stereocenters. The van der Waals surface area contributed by atoms with E-state index in [1.165, 1.54) is 30.3 Å². The monoisotopic (exact) mass is 465 g/mol. The van der Waals surface area contributed by atoms with E-state index >= 15 is 0 Å². The zero-order chi connectivity index (χ0) is 23.6. The van der Waals surface area contributed by atoms with Gasteiger partial charge < -0.3 is 9.88 Å². The summed E-state index contributed by atoms with van der Waals surface area (Å²) >= 11 is 0. The Labute approximate surface area is 189 Å². The van der Waals surface area contributed by atoms with Crippen LogP contribution < -0.4 is 10.0 Å². The molecule has 0 aliphatic carbocycles. The largest absolute Gasteiger partial charge is 0.345 e. The fourth-order valence-corrected chi connectivity index (χ4v) is 4.47.